The van der Waals surface area contributed by atoms with E-state index in [0.717, 1.165) is 16.9 Å². The molecule has 8 heteroatoms. The molecule has 0 aliphatic heterocycles. The quantitative estimate of drug-likeness (QED) is 0.0731. The second kappa shape index (κ2) is 19.1. The van der Waals surface area contributed by atoms with E-state index in [1.807, 2.05) is 18.2 Å². The van der Waals surface area contributed by atoms with Crippen LogP contribution in [0.15, 0.2) is 59.5 Å². The van der Waals surface area contributed by atoms with Gasteiger partial charge in [0.25, 0.3) is 0 Å². The first kappa shape index (κ1) is 33.1. The number of ether oxygens (including phenoxy) is 1. The molecule has 0 heterocycles. The first-order chi connectivity index (χ1) is 19.3. The summed E-state index contributed by atoms with van der Waals surface area (Å²) in [4.78, 5) is 35.2. The second-order valence-electron chi connectivity index (χ2n) is 9.88. The van der Waals surface area contributed by atoms with Crippen LogP contribution in [0.3, 0.4) is 0 Å². The van der Waals surface area contributed by atoms with Crippen molar-refractivity contribution in [1.82, 2.24) is 0 Å². The summed E-state index contributed by atoms with van der Waals surface area (Å²) < 4.78 is 4.54. The van der Waals surface area contributed by atoms with E-state index in [1.165, 1.54) is 63.0 Å². The third kappa shape index (κ3) is 13.8. The lowest BCUT2D eigenvalue weighted by atomic mass is 10.0. The predicted octanol–water partition coefficient (Wildman–Crippen LogP) is 6.88. The zero-order chi connectivity index (χ0) is 29.2. The lowest BCUT2D eigenvalue weighted by molar-refractivity contribution is -0.143. The third-order valence-corrected chi connectivity index (χ3v) is 7.74. The van der Waals surface area contributed by atoms with Gasteiger partial charge in [-0.3, -0.25) is 14.4 Å². The molecule has 0 aliphatic carbocycles. The number of carbonyl (C=O) groups excluding carboxylic acids is 2. The molecular formula is C32H43NO6S. The van der Waals surface area contributed by atoms with Gasteiger partial charge in [-0.25, -0.2) is 0 Å². The van der Waals surface area contributed by atoms with Crippen molar-refractivity contribution in [2.75, 3.05) is 12.4 Å². The fourth-order valence-electron chi connectivity index (χ4n) is 4.20. The Balaban J connectivity index is 2.05. The van der Waals surface area contributed by atoms with E-state index < -0.39 is 23.9 Å². The molecule has 0 radical (unpaired) electrons. The number of rotatable bonds is 19. The van der Waals surface area contributed by atoms with Crippen LogP contribution in [0.25, 0.3) is 6.08 Å². The molecule has 3 N–H and O–H groups in total. The number of unbranched alkanes of at least 4 members (excludes halogenated alkanes) is 5. The molecular weight excluding hydrogens is 526 g/mol. The number of hydrogen-bond acceptors (Lipinski definition) is 6. The van der Waals surface area contributed by atoms with Crippen LogP contribution in [-0.2, 0) is 25.5 Å². The lowest BCUT2D eigenvalue weighted by Crippen LogP contribution is -2.21. The van der Waals surface area contributed by atoms with E-state index >= 15 is 0 Å². The van der Waals surface area contributed by atoms with Crippen LogP contribution < -0.4 is 5.32 Å². The van der Waals surface area contributed by atoms with Crippen LogP contribution in [0.5, 0.6) is 0 Å². The number of thioether (sulfide) groups is 1. The Morgan fingerprint density at radius 2 is 1.73 bits per heavy atom. The maximum atomic E-state index is 12.1. The molecule has 0 aromatic heterocycles. The second-order valence-corrected chi connectivity index (χ2v) is 11.1. The van der Waals surface area contributed by atoms with Crippen molar-refractivity contribution in [1.29, 1.82) is 0 Å². The topological polar surface area (TPSA) is 113 Å². The SMILES string of the molecule is CCCCCCCCc1ccc(C=C[C@H](Sc2cccc(NC(=O)CC(=O)OC)c2)[C@H](O)CCCC(=O)O)cc1. The summed E-state index contributed by atoms with van der Waals surface area (Å²) in [6, 6.07) is 15.6. The Labute approximate surface area is 242 Å². The van der Waals surface area contributed by atoms with Gasteiger partial charge in [-0.15, -0.1) is 11.8 Å². The fraction of sp³-hybridized carbons (Fsp3) is 0.469. The van der Waals surface area contributed by atoms with E-state index in [0.29, 0.717) is 18.5 Å². The van der Waals surface area contributed by atoms with Crippen molar-refractivity contribution in [2.24, 2.45) is 0 Å². The zero-order valence-corrected chi connectivity index (χ0v) is 24.5. The smallest absolute Gasteiger partial charge is 0.315 e. The number of carboxylic acid groups (broad SMARTS) is 1. The van der Waals surface area contributed by atoms with E-state index in [9.17, 15) is 19.5 Å². The summed E-state index contributed by atoms with van der Waals surface area (Å²) in [5.74, 6) is -1.98. The standard InChI is InChI=1S/C32H43NO6S/c1-3-4-5-6-7-8-11-24-16-18-25(19-17-24)20-21-29(28(34)14-10-15-31(36)37)40-27-13-9-12-26(22-27)33-30(35)23-32(38)39-2/h9,12-13,16-22,28-29,34H,3-8,10-11,14-15,23H2,1-2H3,(H,33,35)(H,36,37)/t28-,29+/m1/s1. The number of aliphatic carboxylic acids is 1. The minimum absolute atomic E-state index is 0.0000614. The molecule has 0 bridgehead atoms. The van der Waals surface area contributed by atoms with Gasteiger partial charge in [0.15, 0.2) is 0 Å². The number of anilines is 1. The van der Waals surface area contributed by atoms with Gasteiger partial charge in [-0.2, -0.15) is 0 Å². The van der Waals surface area contributed by atoms with Crippen molar-refractivity contribution in [3.8, 4) is 0 Å². The van der Waals surface area contributed by atoms with Gasteiger partial charge >= 0.3 is 11.9 Å². The largest absolute Gasteiger partial charge is 0.481 e. The van der Waals surface area contributed by atoms with E-state index in [4.69, 9.17) is 5.11 Å². The van der Waals surface area contributed by atoms with Crippen molar-refractivity contribution < 1.29 is 29.3 Å². The molecule has 0 spiro atoms. The first-order valence-corrected chi connectivity index (χ1v) is 15.0. The molecule has 7 nitrogen and oxygen atoms in total. The van der Waals surface area contributed by atoms with Crippen molar-refractivity contribution in [3.05, 3.63) is 65.7 Å². The van der Waals surface area contributed by atoms with Crippen LogP contribution in [0.4, 0.5) is 5.69 Å². The fourth-order valence-corrected chi connectivity index (χ4v) is 5.31. The van der Waals surface area contributed by atoms with Gasteiger partial charge in [0.05, 0.1) is 18.5 Å². The molecule has 0 fully saturated rings. The van der Waals surface area contributed by atoms with Gasteiger partial charge < -0.3 is 20.3 Å². The molecule has 40 heavy (non-hydrogen) atoms. The number of carboxylic acids is 1. The number of benzene rings is 2. The Kier molecular flexibility index (Phi) is 15.8. The Morgan fingerprint density at radius 3 is 2.42 bits per heavy atom. The summed E-state index contributed by atoms with van der Waals surface area (Å²) in [5.41, 5.74) is 2.88. The molecule has 0 aliphatic rings. The molecule has 0 unspecified atom stereocenters. The number of carbonyl (C=O) groups is 3. The number of aryl methyl sites for hydroxylation is 1. The maximum Gasteiger partial charge on any atom is 0.315 e. The molecule has 2 rings (SSSR count). The lowest BCUT2D eigenvalue weighted by Gasteiger charge is -2.20. The van der Waals surface area contributed by atoms with Crippen LogP contribution >= 0.6 is 11.8 Å². The molecule has 0 saturated heterocycles. The Morgan fingerprint density at radius 1 is 1.00 bits per heavy atom. The molecule has 2 aromatic carbocycles. The number of methoxy groups -OCH3 is 1. The molecule has 0 saturated carbocycles. The van der Waals surface area contributed by atoms with Crippen LogP contribution in [0.2, 0.25) is 0 Å². The Bertz CT molecular complexity index is 1090. The van der Waals surface area contributed by atoms with Gasteiger partial charge in [0.2, 0.25) is 5.91 Å². The highest BCUT2D eigenvalue weighted by Gasteiger charge is 2.19. The van der Waals surface area contributed by atoms with Crippen molar-refractivity contribution in [3.63, 3.8) is 0 Å². The molecule has 218 valence electrons. The first-order valence-electron chi connectivity index (χ1n) is 14.1. The summed E-state index contributed by atoms with van der Waals surface area (Å²) in [5, 5.41) is 22.3. The summed E-state index contributed by atoms with van der Waals surface area (Å²) in [7, 11) is 1.23. The van der Waals surface area contributed by atoms with Crippen LogP contribution in [-0.4, -0.2) is 46.5 Å². The van der Waals surface area contributed by atoms with Gasteiger partial charge in [-0.05, 0) is 55.0 Å². The number of nitrogens with one attached hydrogen (secondary N) is 1. The Hall–Kier alpha value is -3.10. The monoisotopic (exact) mass is 569 g/mol. The molecule has 1 amide bonds. The predicted molar refractivity (Wildman–Crippen MR) is 161 cm³/mol. The van der Waals surface area contributed by atoms with Crippen molar-refractivity contribution in [2.45, 2.75) is 93.8 Å². The number of esters is 1. The van der Waals surface area contributed by atoms with Crippen LogP contribution in [0.1, 0.15) is 82.3 Å². The third-order valence-electron chi connectivity index (χ3n) is 6.47. The van der Waals surface area contributed by atoms with Crippen molar-refractivity contribution >= 4 is 41.4 Å². The minimum Gasteiger partial charge on any atom is -0.481 e. The summed E-state index contributed by atoms with van der Waals surface area (Å²) in [6.45, 7) is 2.23. The zero-order valence-electron chi connectivity index (χ0n) is 23.6. The summed E-state index contributed by atoms with van der Waals surface area (Å²) in [6.07, 6.45) is 12.2. The maximum absolute atomic E-state index is 12.1. The van der Waals surface area contributed by atoms with Crippen LogP contribution in [0, 0.1) is 0 Å². The number of hydrogen-bond donors (Lipinski definition) is 3. The minimum atomic E-state index is -0.886. The molecule has 2 atom stereocenters. The van der Waals surface area contributed by atoms with E-state index in [-0.39, 0.29) is 18.1 Å². The highest BCUT2D eigenvalue weighted by Crippen LogP contribution is 2.31. The van der Waals surface area contributed by atoms with Gasteiger partial charge in [-0.1, -0.05) is 81.5 Å². The summed E-state index contributed by atoms with van der Waals surface area (Å²) >= 11 is 1.43. The highest BCUT2D eigenvalue weighted by molar-refractivity contribution is 8.00. The van der Waals surface area contributed by atoms with E-state index in [2.05, 4.69) is 41.2 Å². The normalized spacial score (nSPS) is 12.7. The molecule has 2 aromatic rings. The average molecular weight is 570 g/mol. The van der Waals surface area contributed by atoms with E-state index in [1.54, 1.807) is 18.2 Å². The number of aliphatic hydroxyl groups excluding tert-OH is 1. The number of aliphatic hydroxyl groups is 1. The highest BCUT2D eigenvalue weighted by atomic mass is 32.2. The van der Waals surface area contributed by atoms with Gasteiger partial charge in [0.1, 0.15) is 6.42 Å². The number of amides is 1. The average Bonchev–Trinajstić information content (AvgIpc) is 2.93. The van der Waals surface area contributed by atoms with Gasteiger partial charge in [0, 0.05) is 17.0 Å².